The highest BCUT2D eigenvalue weighted by Gasteiger charge is 2.59. The molecular formula is C40H30F6N4O6. The minimum Gasteiger partial charge on any atom is -0.322 e. The Hall–Kier alpha value is -6.32. The first-order chi connectivity index (χ1) is 26.3. The van der Waals surface area contributed by atoms with Gasteiger partial charge in [-0.1, -0.05) is 29.8 Å². The zero-order valence-electron chi connectivity index (χ0n) is 29.4. The number of rotatable bonds is 6. The molecule has 2 aliphatic heterocycles. The monoisotopic (exact) mass is 776 g/mol. The number of nitrogens with one attached hydrogen (secondary N) is 2. The number of anilines is 3. The van der Waals surface area contributed by atoms with Gasteiger partial charge in [-0.15, -0.1) is 0 Å². The van der Waals surface area contributed by atoms with Gasteiger partial charge in [0.2, 0.25) is 23.6 Å². The quantitative estimate of drug-likeness (QED) is 0.156. The Morgan fingerprint density at radius 3 is 1.34 bits per heavy atom. The molecule has 16 heteroatoms. The van der Waals surface area contributed by atoms with Gasteiger partial charge in [-0.2, -0.15) is 26.3 Å². The van der Waals surface area contributed by atoms with E-state index in [1.54, 1.807) is 19.1 Å². The third-order valence-corrected chi connectivity index (χ3v) is 10.5. The molecule has 3 aliphatic rings. The van der Waals surface area contributed by atoms with Crippen molar-refractivity contribution in [2.24, 2.45) is 23.7 Å². The van der Waals surface area contributed by atoms with Crippen molar-refractivity contribution in [1.29, 1.82) is 0 Å². The molecule has 4 aromatic carbocycles. The van der Waals surface area contributed by atoms with Gasteiger partial charge >= 0.3 is 12.4 Å². The summed E-state index contributed by atoms with van der Waals surface area (Å²) in [5.41, 5.74) is -4.21. The van der Waals surface area contributed by atoms with Gasteiger partial charge in [0.1, 0.15) is 0 Å². The Morgan fingerprint density at radius 2 is 0.946 bits per heavy atom. The van der Waals surface area contributed by atoms with Crippen LogP contribution < -0.4 is 15.5 Å². The van der Waals surface area contributed by atoms with E-state index in [-0.39, 0.29) is 41.0 Å². The van der Waals surface area contributed by atoms with Crippen LogP contribution in [0, 0.1) is 30.6 Å². The van der Waals surface area contributed by atoms with Crippen LogP contribution in [0.2, 0.25) is 0 Å². The van der Waals surface area contributed by atoms with Crippen LogP contribution in [0.4, 0.5) is 43.4 Å². The SMILES string of the molecule is Cc1ccc(C(=O)Nc2ccc(-c3ccc(NC(=O)c4ccc(N5C(=O)C6CC7C(=O)N(C)C(=O)C7CC6C5=O)cc4)cc3C(F)(F)F)c(C(F)(F)F)c2)cc1. The molecular weight excluding hydrogens is 746 g/mol. The second-order valence-electron chi connectivity index (χ2n) is 14.0. The van der Waals surface area contributed by atoms with Gasteiger partial charge in [-0.3, -0.25) is 38.6 Å². The molecule has 4 aromatic rings. The number of benzene rings is 4. The van der Waals surface area contributed by atoms with Crippen LogP contribution in [0.3, 0.4) is 0 Å². The average Bonchev–Trinajstić information content (AvgIpc) is 3.52. The number of fused-ring (bicyclic) bond motifs is 2. The number of alkyl halides is 6. The summed E-state index contributed by atoms with van der Waals surface area (Å²) < 4.78 is 86.2. The zero-order chi connectivity index (χ0) is 40.4. The summed E-state index contributed by atoms with van der Waals surface area (Å²) in [6, 6.07) is 16.0. The molecule has 0 spiro atoms. The van der Waals surface area contributed by atoms with Crippen molar-refractivity contribution < 1.29 is 55.1 Å². The number of carbonyl (C=O) groups excluding carboxylic acids is 6. The number of hydrogen-bond donors (Lipinski definition) is 2. The lowest BCUT2D eigenvalue weighted by molar-refractivity contribution is -0.139. The van der Waals surface area contributed by atoms with Crippen LogP contribution in [0.25, 0.3) is 11.1 Å². The van der Waals surface area contributed by atoms with E-state index in [9.17, 15) is 55.1 Å². The average molecular weight is 777 g/mol. The molecule has 7 rings (SSSR count). The van der Waals surface area contributed by atoms with Crippen molar-refractivity contribution >= 4 is 52.5 Å². The summed E-state index contributed by atoms with van der Waals surface area (Å²) in [5, 5.41) is 4.64. The third kappa shape index (κ3) is 6.79. The summed E-state index contributed by atoms with van der Waals surface area (Å²) in [5.74, 6) is -6.53. The number of amides is 6. The van der Waals surface area contributed by atoms with E-state index in [1.807, 2.05) is 0 Å². The maximum atomic E-state index is 14.4. The van der Waals surface area contributed by atoms with E-state index in [0.717, 1.165) is 39.6 Å². The van der Waals surface area contributed by atoms with Gasteiger partial charge in [0, 0.05) is 29.5 Å². The molecule has 1 aliphatic carbocycles. The maximum absolute atomic E-state index is 14.4. The predicted octanol–water partition coefficient (Wildman–Crippen LogP) is 7.33. The predicted molar refractivity (Wildman–Crippen MR) is 189 cm³/mol. The van der Waals surface area contributed by atoms with E-state index in [1.165, 1.54) is 43.4 Å². The lowest BCUT2D eigenvalue weighted by atomic mass is 9.70. The fraction of sp³-hybridized carbons (Fsp3) is 0.250. The fourth-order valence-electron chi connectivity index (χ4n) is 7.65. The normalized spacial score (nSPS) is 20.9. The Kier molecular flexibility index (Phi) is 9.33. The summed E-state index contributed by atoms with van der Waals surface area (Å²) in [6.45, 7) is 1.78. The number of halogens is 6. The second-order valence-corrected chi connectivity index (χ2v) is 14.0. The van der Waals surface area contributed by atoms with Crippen LogP contribution in [-0.2, 0) is 31.5 Å². The molecule has 1 saturated carbocycles. The molecule has 6 amide bonds. The van der Waals surface area contributed by atoms with Gasteiger partial charge in [-0.05, 0) is 91.6 Å². The topological polar surface area (TPSA) is 133 Å². The molecule has 10 nitrogen and oxygen atoms in total. The number of carbonyl (C=O) groups is 6. The van der Waals surface area contributed by atoms with E-state index in [2.05, 4.69) is 10.6 Å². The first kappa shape index (κ1) is 38.0. The van der Waals surface area contributed by atoms with Crippen molar-refractivity contribution in [3.05, 3.63) is 113 Å². The number of imide groups is 2. The molecule has 3 fully saturated rings. The van der Waals surface area contributed by atoms with Crippen LogP contribution >= 0.6 is 0 Å². The van der Waals surface area contributed by atoms with Crippen LogP contribution in [0.5, 0.6) is 0 Å². The first-order valence-corrected chi connectivity index (χ1v) is 17.2. The fourth-order valence-corrected chi connectivity index (χ4v) is 7.65. The molecule has 2 saturated heterocycles. The Morgan fingerprint density at radius 1 is 0.571 bits per heavy atom. The molecule has 2 heterocycles. The highest BCUT2D eigenvalue weighted by molar-refractivity contribution is 6.23. The Labute approximate surface area is 314 Å². The maximum Gasteiger partial charge on any atom is 0.417 e. The van der Waals surface area contributed by atoms with E-state index in [0.29, 0.717) is 12.1 Å². The highest BCUT2D eigenvalue weighted by Crippen LogP contribution is 2.48. The highest BCUT2D eigenvalue weighted by atomic mass is 19.4. The van der Waals surface area contributed by atoms with E-state index in [4.69, 9.17) is 0 Å². The molecule has 0 aromatic heterocycles. The second kappa shape index (κ2) is 13.8. The minimum absolute atomic E-state index is 0.0418. The zero-order valence-corrected chi connectivity index (χ0v) is 29.4. The molecule has 2 N–H and O–H groups in total. The number of nitrogens with zero attached hydrogens (tertiary/aromatic N) is 2. The van der Waals surface area contributed by atoms with Crippen molar-refractivity contribution in [1.82, 2.24) is 4.90 Å². The molecule has 4 unspecified atom stereocenters. The van der Waals surface area contributed by atoms with Gasteiger partial charge in [0.25, 0.3) is 11.8 Å². The third-order valence-electron chi connectivity index (χ3n) is 10.5. The largest absolute Gasteiger partial charge is 0.417 e. The Bertz CT molecular complexity index is 2280. The number of likely N-dealkylation sites (tertiary alicyclic amines) is 1. The molecule has 56 heavy (non-hydrogen) atoms. The lowest BCUT2D eigenvalue weighted by Gasteiger charge is -2.28. The smallest absolute Gasteiger partial charge is 0.322 e. The van der Waals surface area contributed by atoms with E-state index >= 15 is 0 Å². The number of aryl methyl sites for hydroxylation is 1. The summed E-state index contributed by atoms with van der Waals surface area (Å²) in [6.07, 6.45) is -10.2. The van der Waals surface area contributed by atoms with E-state index < -0.39 is 93.7 Å². The molecule has 0 radical (unpaired) electrons. The minimum atomic E-state index is -5.17. The van der Waals surface area contributed by atoms with Crippen molar-refractivity contribution in [3.63, 3.8) is 0 Å². The van der Waals surface area contributed by atoms with Crippen molar-refractivity contribution in [3.8, 4) is 11.1 Å². The molecule has 4 atom stereocenters. The standard InChI is InChI=1S/C40H30F6N4O6/c1-19-3-5-20(6-4-19)33(51)47-22-9-13-25(31(15-22)39(41,42)43)26-14-10-23(16-32(26)40(44,45)46)48-34(52)21-7-11-24(12-8-21)50-37(55)29-17-27-28(18-30(29)38(50)56)36(54)49(2)35(27)53/h3-16,27-30H,17-18H2,1-2H3,(H,47,51)(H,48,52). The Balaban J connectivity index is 1.10. The van der Waals surface area contributed by atoms with Crippen LogP contribution in [-0.4, -0.2) is 47.4 Å². The van der Waals surface area contributed by atoms with Gasteiger partial charge in [0.15, 0.2) is 0 Å². The lowest BCUT2D eigenvalue weighted by Crippen LogP contribution is -2.35. The van der Waals surface area contributed by atoms with Crippen molar-refractivity contribution in [2.75, 3.05) is 22.6 Å². The van der Waals surface area contributed by atoms with Gasteiger partial charge in [-0.25, -0.2) is 0 Å². The first-order valence-electron chi connectivity index (χ1n) is 17.2. The summed E-state index contributed by atoms with van der Waals surface area (Å²) in [7, 11) is 1.36. The molecule has 0 bridgehead atoms. The van der Waals surface area contributed by atoms with Crippen molar-refractivity contribution in [2.45, 2.75) is 32.1 Å². The van der Waals surface area contributed by atoms with Gasteiger partial charge < -0.3 is 10.6 Å². The molecule has 288 valence electrons. The van der Waals surface area contributed by atoms with Gasteiger partial charge in [0.05, 0.1) is 40.5 Å². The number of hydrogen-bond acceptors (Lipinski definition) is 6. The summed E-state index contributed by atoms with van der Waals surface area (Å²) in [4.78, 5) is 79.5. The summed E-state index contributed by atoms with van der Waals surface area (Å²) >= 11 is 0. The van der Waals surface area contributed by atoms with Crippen LogP contribution in [0.1, 0.15) is 50.2 Å². The van der Waals surface area contributed by atoms with Crippen LogP contribution in [0.15, 0.2) is 84.9 Å².